The van der Waals surface area contributed by atoms with Crippen molar-refractivity contribution >= 4 is 56.5 Å². The first-order valence-electron chi connectivity index (χ1n) is 9.00. The second-order valence-electron chi connectivity index (χ2n) is 7.02. The summed E-state index contributed by atoms with van der Waals surface area (Å²) in [5.41, 5.74) is 3.43. The van der Waals surface area contributed by atoms with Crippen LogP contribution in [0.1, 0.15) is 21.6 Å². The summed E-state index contributed by atoms with van der Waals surface area (Å²) in [7, 11) is 5.85. The van der Waals surface area contributed by atoms with Crippen molar-refractivity contribution in [3.63, 3.8) is 0 Å². The molecule has 0 aliphatic rings. The van der Waals surface area contributed by atoms with Gasteiger partial charge in [-0.2, -0.15) is 0 Å². The highest BCUT2D eigenvalue weighted by Crippen LogP contribution is 2.28. The van der Waals surface area contributed by atoms with Crippen molar-refractivity contribution < 1.29 is 4.79 Å². The van der Waals surface area contributed by atoms with Gasteiger partial charge in [-0.05, 0) is 50.0 Å². The second-order valence-corrected chi connectivity index (χ2v) is 8.37. The minimum atomic E-state index is 0.00572. The van der Waals surface area contributed by atoms with Crippen LogP contribution in [-0.4, -0.2) is 54.9 Å². The molecule has 1 amide bonds. The normalized spacial score (nSPS) is 11.6. The standard InChI is InChI=1S/C22H23BrClN3O/c1-26(2)12-13-27(3)22(28)21-18-10-7-16(23)14-20(18)25-19(21)11-6-15-4-8-17(24)9-5-15/h4-11,14,25H,12-13H2,1-3H3/b11-6+. The number of aromatic nitrogens is 1. The van der Waals surface area contributed by atoms with Gasteiger partial charge in [-0.15, -0.1) is 0 Å². The van der Waals surface area contributed by atoms with Crippen LogP contribution in [0, 0.1) is 0 Å². The Balaban J connectivity index is 2.00. The number of benzene rings is 2. The molecule has 6 heteroatoms. The zero-order chi connectivity index (χ0) is 20.3. The number of rotatable bonds is 6. The van der Waals surface area contributed by atoms with E-state index in [2.05, 4.69) is 25.8 Å². The van der Waals surface area contributed by atoms with Gasteiger partial charge in [0.1, 0.15) is 0 Å². The molecule has 0 saturated heterocycles. The molecule has 146 valence electrons. The number of halogens is 2. The number of carbonyl (C=O) groups excluding carboxylic acids is 1. The Bertz CT molecular complexity index is 1010. The van der Waals surface area contributed by atoms with Crippen LogP contribution in [0.3, 0.4) is 0 Å². The van der Waals surface area contributed by atoms with E-state index in [1.807, 2.05) is 75.8 Å². The summed E-state index contributed by atoms with van der Waals surface area (Å²) in [4.78, 5) is 20.4. The SMILES string of the molecule is CN(C)CCN(C)C(=O)c1c(/C=C/c2ccc(Cl)cc2)[nH]c2cc(Br)ccc12. The average Bonchev–Trinajstić information content (AvgIpc) is 3.02. The molecule has 0 fully saturated rings. The number of likely N-dealkylation sites (N-methyl/N-ethyl adjacent to an activating group) is 2. The number of amides is 1. The van der Waals surface area contributed by atoms with Gasteiger partial charge in [0.15, 0.2) is 0 Å². The lowest BCUT2D eigenvalue weighted by atomic mass is 10.1. The Morgan fingerprint density at radius 3 is 2.46 bits per heavy atom. The van der Waals surface area contributed by atoms with Crippen LogP contribution in [0.5, 0.6) is 0 Å². The molecule has 28 heavy (non-hydrogen) atoms. The molecule has 0 saturated carbocycles. The Kier molecular flexibility index (Phi) is 6.60. The summed E-state index contributed by atoms with van der Waals surface area (Å²) < 4.78 is 0.967. The van der Waals surface area contributed by atoms with Crippen molar-refractivity contribution in [3.8, 4) is 0 Å². The van der Waals surface area contributed by atoms with Gasteiger partial charge in [0.05, 0.1) is 11.3 Å². The van der Waals surface area contributed by atoms with Crippen molar-refractivity contribution in [2.24, 2.45) is 0 Å². The van der Waals surface area contributed by atoms with E-state index < -0.39 is 0 Å². The zero-order valence-electron chi connectivity index (χ0n) is 16.2. The van der Waals surface area contributed by atoms with E-state index in [1.165, 1.54) is 0 Å². The lowest BCUT2D eigenvalue weighted by molar-refractivity contribution is 0.0788. The number of nitrogens with zero attached hydrogens (tertiary/aromatic N) is 2. The first kappa shape index (κ1) is 20.6. The summed E-state index contributed by atoms with van der Waals surface area (Å²) in [5, 5.41) is 1.62. The van der Waals surface area contributed by atoms with Crippen molar-refractivity contribution in [1.82, 2.24) is 14.8 Å². The molecule has 2 aromatic carbocycles. The zero-order valence-corrected chi connectivity index (χ0v) is 18.5. The Morgan fingerprint density at radius 1 is 1.07 bits per heavy atom. The number of fused-ring (bicyclic) bond motifs is 1. The maximum Gasteiger partial charge on any atom is 0.256 e. The van der Waals surface area contributed by atoms with Crippen molar-refractivity contribution in [1.29, 1.82) is 0 Å². The van der Waals surface area contributed by atoms with Gasteiger partial charge < -0.3 is 14.8 Å². The van der Waals surface area contributed by atoms with E-state index in [4.69, 9.17) is 11.6 Å². The molecule has 3 aromatic rings. The van der Waals surface area contributed by atoms with Crippen LogP contribution in [0.4, 0.5) is 0 Å². The van der Waals surface area contributed by atoms with E-state index >= 15 is 0 Å². The molecular weight excluding hydrogens is 438 g/mol. The lowest BCUT2D eigenvalue weighted by Gasteiger charge is -2.20. The molecule has 0 radical (unpaired) electrons. The van der Waals surface area contributed by atoms with E-state index in [-0.39, 0.29) is 5.91 Å². The predicted octanol–water partition coefficient (Wildman–Crippen LogP) is 5.39. The highest BCUT2D eigenvalue weighted by atomic mass is 79.9. The molecule has 1 N–H and O–H groups in total. The molecule has 1 aromatic heterocycles. The minimum Gasteiger partial charge on any atom is -0.354 e. The highest BCUT2D eigenvalue weighted by Gasteiger charge is 2.20. The molecule has 3 rings (SSSR count). The Labute approximate surface area is 178 Å². The van der Waals surface area contributed by atoms with Gasteiger partial charge in [0, 0.05) is 40.5 Å². The quantitative estimate of drug-likeness (QED) is 0.536. The molecule has 1 heterocycles. The van der Waals surface area contributed by atoms with Crippen LogP contribution >= 0.6 is 27.5 Å². The third-order valence-electron chi connectivity index (χ3n) is 4.55. The van der Waals surface area contributed by atoms with E-state index in [0.717, 1.165) is 33.2 Å². The fourth-order valence-electron chi connectivity index (χ4n) is 2.94. The van der Waals surface area contributed by atoms with Gasteiger partial charge >= 0.3 is 0 Å². The van der Waals surface area contributed by atoms with Crippen LogP contribution in [0.15, 0.2) is 46.9 Å². The number of nitrogens with one attached hydrogen (secondary N) is 1. The molecule has 4 nitrogen and oxygen atoms in total. The molecular formula is C22H23BrClN3O. The van der Waals surface area contributed by atoms with Gasteiger partial charge in [-0.3, -0.25) is 4.79 Å². The number of H-pyrrole nitrogens is 1. The number of hydrogen-bond donors (Lipinski definition) is 1. The van der Waals surface area contributed by atoms with Crippen molar-refractivity contribution in [2.45, 2.75) is 0 Å². The van der Waals surface area contributed by atoms with E-state index in [9.17, 15) is 4.79 Å². The minimum absolute atomic E-state index is 0.00572. The third kappa shape index (κ3) is 4.85. The number of aromatic amines is 1. The maximum absolute atomic E-state index is 13.2. The fourth-order valence-corrected chi connectivity index (χ4v) is 3.43. The van der Waals surface area contributed by atoms with Gasteiger partial charge in [0.25, 0.3) is 5.91 Å². The predicted molar refractivity (Wildman–Crippen MR) is 122 cm³/mol. The second kappa shape index (κ2) is 8.95. The maximum atomic E-state index is 13.2. The molecule has 0 atom stereocenters. The summed E-state index contributed by atoms with van der Waals surface area (Å²) in [6.45, 7) is 1.47. The molecule has 0 aliphatic carbocycles. The molecule has 0 bridgehead atoms. The largest absolute Gasteiger partial charge is 0.354 e. The van der Waals surface area contributed by atoms with Crippen LogP contribution in [0.25, 0.3) is 23.1 Å². The molecule has 0 unspecified atom stereocenters. The van der Waals surface area contributed by atoms with Gasteiger partial charge in [0.2, 0.25) is 0 Å². The smallest absolute Gasteiger partial charge is 0.256 e. The van der Waals surface area contributed by atoms with Crippen LogP contribution in [-0.2, 0) is 0 Å². The Morgan fingerprint density at radius 2 is 1.79 bits per heavy atom. The highest BCUT2D eigenvalue weighted by molar-refractivity contribution is 9.10. The first-order valence-corrected chi connectivity index (χ1v) is 10.2. The van der Waals surface area contributed by atoms with Gasteiger partial charge in [-0.1, -0.05) is 51.8 Å². The monoisotopic (exact) mass is 459 g/mol. The summed E-state index contributed by atoms with van der Waals surface area (Å²) in [6.07, 6.45) is 3.93. The summed E-state index contributed by atoms with van der Waals surface area (Å²) >= 11 is 9.47. The van der Waals surface area contributed by atoms with Gasteiger partial charge in [-0.25, -0.2) is 0 Å². The van der Waals surface area contributed by atoms with E-state index in [0.29, 0.717) is 17.1 Å². The van der Waals surface area contributed by atoms with Crippen LogP contribution < -0.4 is 0 Å². The van der Waals surface area contributed by atoms with Crippen LogP contribution in [0.2, 0.25) is 5.02 Å². The number of carbonyl (C=O) groups is 1. The van der Waals surface area contributed by atoms with Crippen molar-refractivity contribution in [3.05, 3.63) is 68.8 Å². The lowest BCUT2D eigenvalue weighted by Crippen LogP contribution is -2.33. The first-order chi connectivity index (χ1) is 13.3. The summed E-state index contributed by atoms with van der Waals surface area (Å²) in [5.74, 6) is 0.00572. The average molecular weight is 461 g/mol. The fraction of sp³-hybridized carbons (Fsp3) is 0.227. The topological polar surface area (TPSA) is 39.3 Å². The van der Waals surface area contributed by atoms with E-state index in [1.54, 1.807) is 4.90 Å². The van der Waals surface area contributed by atoms with Crippen molar-refractivity contribution in [2.75, 3.05) is 34.2 Å². The Hall–Kier alpha value is -2.08. The summed E-state index contributed by atoms with van der Waals surface area (Å²) in [6, 6.07) is 13.5. The number of hydrogen-bond acceptors (Lipinski definition) is 2. The molecule has 0 spiro atoms. The third-order valence-corrected chi connectivity index (χ3v) is 5.29. The molecule has 0 aliphatic heterocycles.